The lowest BCUT2D eigenvalue weighted by Gasteiger charge is -2.04. The van der Waals surface area contributed by atoms with Gasteiger partial charge in [0, 0.05) is 11.8 Å². The van der Waals surface area contributed by atoms with Crippen molar-refractivity contribution in [2.24, 2.45) is 0 Å². The molecule has 0 fully saturated rings. The molecule has 1 aromatic rings. The number of carbonyl (C=O) groups excluding carboxylic acids is 1. The average Bonchev–Trinajstić information content (AvgIpc) is 2.26. The zero-order valence-electron chi connectivity index (χ0n) is 9.24. The quantitative estimate of drug-likeness (QED) is 0.762. The number of carbonyl (C=O) groups is 1. The summed E-state index contributed by atoms with van der Waals surface area (Å²) in [6.45, 7) is 1.91. The lowest BCUT2D eigenvalue weighted by atomic mass is 10.3. The predicted molar refractivity (Wildman–Crippen MR) is 58.9 cm³/mol. The highest BCUT2D eigenvalue weighted by molar-refractivity contribution is 7.85. The number of ether oxygens (including phenoxy) is 1. The Morgan fingerprint density at radius 3 is 2.71 bits per heavy atom. The van der Waals surface area contributed by atoms with Crippen molar-refractivity contribution in [1.29, 1.82) is 0 Å². The first kappa shape index (κ1) is 13.8. The minimum absolute atomic E-state index is 0.0403. The van der Waals surface area contributed by atoms with E-state index >= 15 is 0 Å². The highest BCUT2D eigenvalue weighted by atomic mass is 32.2. The number of rotatable bonds is 5. The van der Waals surface area contributed by atoms with Crippen LogP contribution < -0.4 is 0 Å². The van der Waals surface area contributed by atoms with Gasteiger partial charge in [0.15, 0.2) is 0 Å². The zero-order valence-corrected chi connectivity index (χ0v) is 10.1. The highest BCUT2D eigenvalue weighted by Crippen LogP contribution is 2.14. The second kappa shape index (κ2) is 6.44. The lowest BCUT2D eigenvalue weighted by Crippen LogP contribution is -2.10. The summed E-state index contributed by atoms with van der Waals surface area (Å²) in [4.78, 5) is 10.9. The second-order valence-corrected chi connectivity index (χ2v) is 4.72. The van der Waals surface area contributed by atoms with Gasteiger partial charge in [-0.05, 0) is 19.1 Å². The Morgan fingerprint density at radius 1 is 1.41 bits per heavy atom. The third kappa shape index (κ3) is 4.22. The van der Waals surface area contributed by atoms with E-state index in [1.54, 1.807) is 6.92 Å². The van der Waals surface area contributed by atoms with Crippen LogP contribution in [0.25, 0.3) is 0 Å². The molecule has 94 valence electrons. The van der Waals surface area contributed by atoms with Crippen molar-refractivity contribution in [3.05, 3.63) is 29.8 Å². The van der Waals surface area contributed by atoms with Crippen LogP contribution in [0.3, 0.4) is 0 Å². The SMILES string of the molecule is CCOC(=O)CCS(=O)c1ccc(F)cc1F. The van der Waals surface area contributed by atoms with E-state index in [0.29, 0.717) is 6.07 Å². The number of hydrogen-bond donors (Lipinski definition) is 0. The number of halogens is 2. The first-order chi connectivity index (χ1) is 8.04. The maximum absolute atomic E-state index is 13.2. The fourth-order valence-corrected chi connectivity index (χ4v) is 2.25. The number of hydrogen-bond acceptors (Lipinski definition) is 3. The van der Waals surface area contributed by atoms with Crippen LogP contribution in [0.2, 0.25) is 0 Å². The van der Waals surface area contributed by atoms with Gasteiger partial charge in [-0.25, -0.2) is 8.78 Å². The highest BCUT2D eigenvalue weighted by Gasteiger charge is 2.13. The molecule has 0 radical (unpaired) electrons. The summed E-state index contributed by atoms with van der Waals surface area (Å²) in [7, 11) is -1.67. The van der Waals surface area contributed by atoms with E-state index in [-0.39, 0.29) is 23.7 Å². The molecule has 0 saturated heterocycles. The molecule has 6 heteroatoms. The van der Waals surface area contributed by atoms with Crippen LogP contribution in [-0.2, 0) is 20.3 Å². The van der Waals surface area contributed by atoms with Crippen molar-refractivity contribution < 1.29 is 22.5 Å². The van der Waals surface area contributed by atoms with E-state index in [4.69, 9.17) is 0 Å². The van der Waals surface area contributed by atoms with Gasteiger partial charge in [-0.2, -0.15) is 0 Å². The summed E-state index contributed by atoms with van der Waals surface area (Å²) in [6, 6.07) is 2.81. The van der Waals surface area contributed by atoms with Gasteiger partial charge in [0.05, 0.1) is 28.7 Å². The molecule has 0 heterocycles. The molecule has 0 spiro atoms. The molecule has 0 amide bonds. The Hall–Kier alpha value is -1.30. The van der Waals surface area contributed by atoms with E-state index in [2.05, 4.69) is 4.74 Å². The molecule has 0 saturated carbocycles. The molecule has 1 aromatic carbocycles. The first-order valence-electron chi connectivity index (χ1n) is 5.03. The van der Waals surface area contributed by atoms with Gasteiger partial charge in [-0.1, -0.05) is 0 Å². The topological polar surface area (TPSA) is 43.4 Å². The summed E-state index contributed by atoms with van der Waals surface area (Å²) < 4.78 is 42.1. The molecule has 0 bridgehead atoms. The third-order valence-electron chi connectivity index (χ3n) is 1.94. The average molecular weight is 262 g/mol. The molecule has 0 aliphatic heterocycles. The van der Waals surface area contributed by atoms with Crippen LogP contribution >= 0.6 is 0 Å². The summed E-state index contributed by atoms with van der Waals surface area (Å²) in [5.41, 5.74) is 0. The van der Waals surface area contributed by atoms with Gasteiger partial charge >= 0.3 is 5.97 Å². The largest absolute Gasteiger partial charge is 0.466 e. The molecule has 0 aromatic heterocycles. The smallest absolute Gasteiger partial charge is 0.306 e. The normalized spacial score (nSPS) is 12.2. The Labute approximate surface area is 100 Å². The minimum atomic E-state index is -1.67. The lowest BCUT2D eigenvalue weighted by molar-refractivity contribution is -0.142. The number of benzene rings is 1. The Bertz CT molecular complexity index is 435. The van der Waals surface area contributed by atoms with Crippen LogP contribution in [0.5, 0.6) is 0 Å². The Morgan fingerprint density at radius 2 is 2.12 bits per heavy atom. The van der Waals surface area contributed by atoms with Gasteiger partial charge < -0.3 is 4.74 Å². The van der Waals surface area contributed by atoms with Crippen LogP contribution in [-0.4, -0.2) is 22.5 Å². The zero-order chi connectivity index (χ0) is 12.8. The van der Waals surface area contributed by atoms with Gasteiger partial charge in [-0.15, -0.1) is 0 Å². The molecule has 1 unspecified atom stereocenters. The molecular weight excluding hydrogens is 250 g/mol. The van der Waals surface area contributed by atoms with Crippen molar-refractivity contribution in [3.63, 3.8) is 0 Å². The van der Waals surface area contributed by atoms with Crippen molar-refractivity contribution in [2.75, 3.05) is 12.4 Å². The summed E-state index contributed by atoms with van der Waals surface area (Å²) in [5, 5.41) is 0. The Balaban J connectivity index is 2.61. The standard InChI is InChI=1S/C11H12F2O3S/c1-2-16-11(14)5-6-17(15)10-4-3-8(12)7-9(10)13/h3-4,7H,2,5-6H2,1H3. The van der Waals surface area contributed by atoms with Crippen molar-refractivity contribution in [3.8, 4) is 0 Å². The maximum atomic E-state index is 13.2. The predicted octanol–water partition coefficient (Wildman–Crippen LogP) is 2.03. The molecular formula is C11H12F2O3S. The first-order valence-corrected chi connectivity index (χ1v) is 6.35. The van der Waals surface area contributed by atoms with Crippen LogP contribution in [0.15, 0.2) is 23.1 Å². The molecule has 17 heavy (non-hydrogen) atoms. The van der Waals surface area contributed by atoms with Gasteiger partial charge in [0.25, 0.3) is 0 Å². The van der Waals surface area contributed by atoms with Crippen molar-refractivity contribution in [1.82, 2.24) is 0 Å². The Kier molecular flexibility index (Phi) is 5.21. The van der Waals surface area contributed by atoms with Crippen LogP contribution in [0, 0.1) is 11.6 Å². The molecule has 1 rings (SSSR count). The van der Waals surface area contributed by atoms with Gasteiger partial charge in [-0.3, -0.25) is 9.00 Å². The van der Waals surface area contributed by atoms with E-state index in [1.807, 2.05) is 0 Å². The van der Waals surface area contributed by atoms with E-state index < -0.39 is 28.4 Å². The van der Waals surface area contributed by atoms with Crippen molar-refractivity contribution in [2.45, 2.75) is 18.2 Å². The van der Waals surface area contributed by atoms with Crippen LogP contribution in [0.1, 0.15) is 13.3 Å². The van der Waals surface area contributed by atoms with Gasteiger partial charge in [0.1, 0.15) is 11.6 Å². The van der Waals surface area contributed by atoms with Crippen molar-refractivity contribution >= 4 is 16.8 Å². The molecule has 0 aliphatic rings. The molecule has 0 aliphatic carbocycles. The third-order valence-corrected chi connectivity index (χ3v) is 3.33. The van der Waals surface area contributed by atoms with E-state index in [9.17, 15) is 17.8 Å². The minimum Gasteiger partial charge on any atom is -0.466 e. The van der Waals surface area contributed by atoms with E-state index in [1.165, 1.54) is 0 Å². The fraction of sp³-hybridized carbons (Fsp3) is 0.364. The second-order valence-electron chi connectivity index (χ2n) is 3.18. The monoisotopic (exact) mass is 262 g/mol. The summed E-state index contributed by atoms with van der Waals surface area (Å²) in [6.07, 6.45) is -0.0583. The molecule has 3 nitrogen and oxygen atoms in total. The molecule has 0 N–H and O–H groups in total. The number of esters is 1. The fourth-order valence-electron chi connectivity index (χ4n) is 1.18. The maximum Gasteiger partial charge on any atom is 0.306 e. The summed E-state index contributed by atoms with van der Waals surface area (Å²) >= 11 is 0. The molecule has 1 atom stereocenters. The van der Waals surface area contributed by atoms with Crippen LogP contribution in [0.4, 0.5) is 8.78 Å². The van der Waals surface area contributed by atoms with E-state index in [0.717, 1.165) is 12.1 Å². The van der Waals surface area contributed by atoms with Gasteiger partial charge in [0.2, 0.25) is 0 Å². The summed E-state index contributed by atoms with van der Waals surface area (Å²) in [5.74, 6) is -2.12.